The highest BCUT2D eigenvalue weighted by Gasteiger charge is 2.24. The van der Waals surface area contributed by atoms with Crippen LogP contribution in [0.2, 0.25) is 5.02 Å². The normalized spacial score (nSPS) is 22.3. The lowest BCUT2D eigenvalue weighted by molar-refractivity contribution is 0.0874. The minimum Gasteiger partial charge on any atom is -0.508 e. The van der Waals surface area contributed by atoms with E-state index in [2.05, 4.69) is 16.8 Å². The van der Waals surface area contributed by atoms with Gasteiger partial charge in [0.1, 0.15) is 5.75 Å². The van der Waals surface area contributed by atoms with Gasteiger partial charge in [-0.25, -0.2) is 0 Å². The fraction of sp³-hybridized carbons (Fsp3) is 0.538. The summed E-state index contributed by atoms with van der Waals surface area (Å²) in [5.74, 6) is 0.300. The number of nitrogens with two attached hydrogens (primary N) is 1. The van der Waals surface area contributed by atoms with Crippen molar-refractivity contribution in [1.29, 1.82) is 0 Å². The summed E-state index contributed by atoms with van der Waals surface area (Å²) >= 11 is 5.97. The number of aromatic hydroxyl groups is 1. The zero-order valence-corrected chi connectivity index (χ0v) is 11.4. The summed E-state index contributed by atoms with van der Waals surface area (Å²) in [6.07, 6.45) is 0. The Hall–Kier alpha value is -0.810. The van der Waals surface area contributed by atoms with Crippen LogP contribution in [0.3, 0.4) is 0 Å². The maximum atomic E-state index is 9.85. The Morgan fingerprint density at radius 1 is 1.44 bits per heavy atom. The van der Waals surface area contributed by atoms with Crippen LogP contribution in [0.5, 0.6) is 5.75 Å². The number of hydrogen-bond donors (Lipinski definition) is 2. The van der Waals surface area contributed by atoms with Crippen LogP contribution < -0.4 is 5.73 Å². The molecule has 0 bridgehead atoms. The molecule has 5 heteroatoms. The molecule has 1 aliphatic heterocycles. The van der Waals surface area contributed by atoms with E-state index in [1.165, 1.54) is 0 Å². The molecule has 1 atom stereocenters. The lowest BCUT2D eigenvalue weighted by Gasteiger charge is -2.39. The van der Waals surface area contributed by atoms with Gasteiger partial charge < -0.3 is 15.7 Å². The maximum absolute atomic E-state index is 9.85. The molecule has 1 aliphatic rings. The average molecular weight is 270 g/mol. The number of halogens is 1. The third-order valence-corrected chi connectivity index (χ3v) is 3.73. The Kier molecular flexibility index (Phi) is 4.45. The molecule has 0 aromatic heterocycles. The van der Waals surface area contributed by atoms with Gasteiger partial charge in [0, 0.05) is 49.4 Å². The lowest BCUT2D eigenvalue weighted by Crippen LogP contribution is -2.54. The van der Waals surface area contributed by atoms with Gasteiger partial charge in [0.15, 0.2) is 0 Å². The summed E-state index contributed by atoms with van der Waals surface area (Å²) in [7, 11) is 2.11. The molecule has 1 saturated heterocycles. The topological polar surface area (TPSA) is 52.7 Å². The number of phenolic OH excluding ortho intramolecular Hbond substituents is 1. The van der Waals surface area contributed by atoms with Crippen LogP contribution in [-0.4, -0.2) is 54.2 Å². The summed E-state index contributed by atoms with van der Waals surface area (Å²) < 4.78 is 0. The van der Waals surface area contributed by atoms with Crippen LogP contribution in [0.15, 0.2) is 18.2 Å². The first-order chi connectivity index (χ1) is 8.60. The Morgan fingerprint density at radius 2 is 2.22 bits per heavy atom. The quantitative estimate of drug-likeness (QED) is 0.864. The number of phenols is 1. The summed E-state index contributed by atoms with van der Waals surface area (Å²) in [5.41, 5.74) is 6.69. The molecular formula is C13H20ClN3O. The SMILES string of the molecule is CN1CCN(Cc2cc(Cl)ccc2O)C(CN)C1. The van der Waals surface area contributed by atoms with Crippen LogP contribution in [0.25, 0.3) is 0 Å². The van der Waals surface area contributed by atoms with Crippen molar-refractivity contribution in [2.45, 2.75) is 12.6 Å². The Balaban J connectivity index is 2.10. The van der Waals surface area contributed by atoms with E-state index in [9.17, 15) is 5.11 Å². The molecule has 1 aromatic carbocycles. The van der Waals surface area contributed by atoms with Gasteiger partial charge in [0.25, 0.3) is 0 Å². The molecule has 0 radical (unpaired) electrons. The zero-order valence-electron chi connectivity index (χ0n) is 10.6. The van der Waals surface area contributed by atoms with Crippen molar-refractivity contribution in [2.24, 2.45) is 5.73 Å². The summed E-state index contributed by atoms with van der Waals surface area (Å²) in [5, 5.41) is 10.5. The Bertz CT molecular complexity index is 413. The van der Waals surface area contributed by atoms with Crippen molar-refractivity contribution in [2.75, 3.05) is 33.2 Å². The van der Waals surface area contributed by atoms with E-state index in [0.717, 1.165) is 25.2 Å². The van der Waals surface area contributed by atoms with Gasteiger partial charge in [-0.15, -0.1) is 0 Å². The van der Waals surface area contributed by atoms with Crippen molar-refractivity contribution in [3.05, 3.63) is 28.8 Å². The second-order valence-electron chi connectivity index (χ2n) is 4.90. The molecule has 4 nitrogen and oxygen atoms in total. The fourth-order valence-electron chi connectivity index (χ4n) is 2.38. The number of benzene rings is 1. The van der Waals surface area contributed by atoms with Crippen LogP contribution in [-0.2, 0) is 6.54 Å². The van der Waals surface area contributed by atoms with Crippen molar-refractivity contribution >= 4 is 11.6 Å². The molecule has 1 fully saturated rings. The Labute approximate surface area is 113 Å². The second-order valence-corrected chi connectivity index (χ2v) is 5.33. The van der Waals surface area contributed by atoms with Gasteiger partial charge in [-0.05, 0) is 25.2 Å². The van der Waals surface area contributed by atoms with Crippen molar-refractivity contribution < 1.29 is 5.11 Å². The third kappa shape index (κ3) is 3.14. The van der Waals surface area contributed by atoms with E-state index in [0.29, 0.717) is 29.9 Å². The van der Waals surface area contributed by atoms with Gasteiger partial charge >= 0.3 is 0 Å². The van der Waals surface area contributed by atoms with E-state index in [1.54, 1.807) is 12.1 Å². The molecule has 0 amide bonds. The number of nitrogens with zero attached hydrogens (tertiary/aromatic N) is 2. The summed E-state index contributed by atoms with van der Waals surface area (Å²) in [6, 6.07) is 5.50. The van der Waals surface area contributed by atoms with Gasteiger partial charge in [0.2, 0.25) is 0 Å². The van der Waals surface area contributed by atoms with Crippen molar-refractivity contribution in [1.82, 2.24) is 9.80 Å². The van der Waals surface area contributed by atoms with Crippen LogP contribution >= 0.6 is 11.6 Å². The predicted octanol–water partition coefficient (Wildman–Crippen LogP) is 1.12. The molecular weight excluding hydrogens is 250 g/mol. The number of piperazine rings is 1. The number of rotatable bonds is 3. The van der Waals surface area contributed by atoms with Crippen molar-refractivity contribution in [3.63, 3.8) is 0 Å². The molecule has 3 N–H and O–H groups in total. The van der Waals surface area contributed by atoms with Gasteiger partial charge in [-0.3, -0.25) is 4.90 Å². The lowest BCUT2D eigenvalue weighted by atomic mass is 10.1. The van der Waals surface area contributed by atoms with Gasteiger partial charge in [-0.2, -0.15) is 0 Å². The minimum atomic E-state index is 0.300. The fourth-order valence-corrected chi connectivity index (χ4v) is 2.57. The molecule has 0 aliphatic carbocycles. The van der Waals surface area contributed by atoms with E-state index in [1.807, 2.05) is 6.07 Å². The molecule has 2 rings (SSSR count). The van der Waals surface area contributed by atoms with Gasteiger partial charge in [-0.1, -0.05) is 11.6 Å². The monoisotopic (exact) mass is 269 g/mol. The average Bonchev–Trinajstić information content (AvgIpc) is 2.36. The van der Waals surface area contributed by atoms with E-state index in [-0.39, 0.29) is 0 Å². The van der Waals surface area contributed by atoms with E-state index >= 15 is 0 Å². The van der Waals surface area contributed by atoms with E-state index in [4.69, 9.17) is 17.3 Å². The molecule has 1 aromatic rings. The van der Waals surface area contributed by atoms with E-state index < -0.39 is 0 Å². The first-order valence-corrected chi connectivity index (χ1v) is 6.58. The Morgan fingerprint density at radius 3 is 2.94 bits per heavy atom. The summed E-state index contributed by atoms with van der Waals surface area (Å²) in [4.78, 5) is 4.59. The first-order valence-electron chi connectivity index (χ1n) is 6.20. The highest BCUT2D eigenvalue weighted by Crippen LogP contribution is 2.24. The molecule has 0 spiro atoms. The summed E-state index contributed by atoms with van der Waals surface area (Å²) in [6.45, 7) is 4.29. The van der Waals surface area contributed by atoms with Crippen LogP contribution in [0.1, 0.15) is 5.56 Å². The van der Waals surface area contributed by atoms with Crippen LogP contribution in [0.4, 0.5) is 0 Å². The molecule has 100 valence electrons. The van der Waals surface area contributed by atoms with Crippen molar-refractivity contribution in [3.8, 4) is 5.75 Å². The minimum absolute atomic E-state index is 0.300. The highest BCUT2D eigenvalue weighted by atomic mass is 35.5. The zero-order chi connectivity index (χ0) is 13.1. The first kappa shape index (κ1) is 13.6. The molecule has 18 heavy (non-hydrogen) atoms. The standard InChI is InChI=1S/C13H20ClN3O/c1-16-4-5-17(12(7-15)9-16)8-10-6-11(14)2-3-13(10)18/h2-3,6,12,18H,4-5,7-9,15H2,1H3. The molecule has 1 unspecified atom stereocenters. The number of likely N-dealkylation sites (N-methyl/N-ethyl adjacent to an activating group) is 1. The highest BCUT2D eigenvalue weighted by molar-refractivity contribution is 6.30. The third-order valence-electron chi connectivity index (χ3n) is 3.49. The molecule has 1 heterocycles. The maximum Gasteiger partial charge on any atom is 0.120 e. The predicted molar refractivity (Wildman–Crippen MR) is 73.9 cm³/mol. The molecule has 0 saturated carbocycles. The van der Waals surface area contributed by atoms with Crippen LogP contribution in [0, 0.1) is 0 Å². The smallest absolute Gasteiger partial charge is 0.120 e. The van der Waals surface area contributed by atoms with Gasteiger partial charge in [0.05, 0.1) is 0 Å². The second kappa shape index (κ2) is 5.89. The largest absolute Gasteiger partial charge is 0.508 e. The number of hydrogen-bond acceptors (Lipinski definition) is 4.